The van der Waals surface area contributed by atoms with Gasteiger partial charge in [-0.25, -0.2) is 4.79 Å². The van der Waals surface area contributed by atoms with Crippen LogP contribution in [0.1, 0.15) is 76.7 Å². The summed E-state index contributed by atoms with van der Waals surface area (Å²) in [6.45, 7) is 4.43. The third-order valence-corrected chi connectivity index (χ3v) is 9.89. The van der Waals surface area contributed by atoms with Crippen LogP contribution in [0.15, 0.2) is 27.6 Å². The molecule has 0 aromatic carbocycles. The van der Waals surface area contributed by atoms with E-state index < -0.39 is 17.1 Å². The fraction of sp³-hybridized carbons (Fsp3) is 0.792. The van der Waals surface area contributed by atoms with Crippen molar-refractivity contribution in [3.8, 4) is 0 Å². The van der Waals surface area contributed by atoms with Crippen molar-refractivity contribution in [2.75, 3.05) is 0 Å². The largest absolute Gasteiger partial charge is 0.431 e. The first-order valence-electron chi connectivity index (χ1n) is 11.4. The van der Waals surface area contributed by atoms with Crippen LogP contribution in [0.5, 0.6) is 0 Å². The maximum Gasteiger partial charge on any atom is 0.335 e. The van der Waals surface area contributed by atoms with Gasteiger partial charge < -0.3 is 19.7 Å². The second-order valence-corrected chi connectivity index (χ2v) is 10.9. The zero-order chi connectivity index (χ0) is 20.6. The predicted octanol–water partition coefficient (Wildman–Crippen LogP) is 3.21. The lowest BCUT2D eigenvalue weighted by molar-refractivity contribution is -0.239. The molecule has 0 unspecified atom stereocenters. The van der Waals surface area contributed by atoms with Crippen LogP contribution in [0.4, 0.5) is 0 Å². The van der Waals surface area contributed by atoms with E-state index in [1.54, 1.807) is 6.26 Å². The highest BCUT2D eigenvalue weighted by atomic mass is 16.4. The number of hydrogen-bond donors (Lipinski definition) is 3. The summed E-state index contributed by atoms with van der Waals surface area (Å²) in [5.74, 6) is 0.662. The topological polar surface area (TPSA) is 90.9 Å². The molecule has 0 amide bonds. The Morgan fingerprint density at radius 3 is 2.59 bits per heavy atom. The van der Waals surface area contributed by atoms with Crippen LogP contribution in [0.25, 0.3) is 0 Å². The van der Waals surface area contributed by atoms with Crippen molar-refractivity contribution in [1.82, 2.24) is 0 Å². The molecule has 4 aliphatic carbocycles. The molecule has 1 heterocycles. The van der Waals surface area contributed by atoms with Crippen molar-refractivity contribution in [3.63, 3.8) is 0 Å². The molecule has 5 nitrogen and oxygen atoms in total. The zero-order valence-electron chi connectivity index (χ0n) is 17.5. The zero-order valence-corrected chi connectivity index (χ0v) is 17.5. The summed E-state index contributed by atoms with van der Waals surface area (Å²) in [5, 5.41) is 33.8. The van der Waals surface area contributed by atoms with Crippen molar-refractivity contribution in [3.05, 3.63) is 34.4 Å². The average Bonchev–Trinajstić information content (AvgIpc) is 2.94. The Morgan fingerprint density at radius 2 is 1.86 bits per heavy atom. The minimum Gasteiger partial charge on any atom is -0.431 e. The van der Waals surface area contributed by atoms with Crippen molar-refractivity contribution >= 4 is 0 Å². The van der Waals surface area contributed by atoms with Crippen LogP contribution in [-0.2, 0) is 0 Å². The van der Waals surface area contributed by atoms with Gasteiger partial charge in [0.1, 0.15) is 0 Å². The third-order valence-electron chi connectivity index (χ3n) is 9.89. The predicted molar refractivity (Wildman–Crippen MR) is 108 cm³/mol. The Labute approximate surface area is 172 Å². The molecule has 0 bridgehead atoms. The highest BCUT2D eigenvalue weighted by Crippen LogP contribution is 2.70. The summed E-state index contributed by atoms with van der Waals surface area (Å²) in [5.41, 5.74) is -0.681. The van der Waals surface area contributed by atoms with Crippen molar-refractivity contribution in [1.29, 1.82) is 0 Å². The summed E-state index contributed by atoms with van der Waals surface area (Å²) in [6.07, 6.45) is 7.49. The van der Waals surface area contributed by atoms with Crippen molar-refractivity contribution in [2.24, 2.45) is 28.6 Å². The maximum absolute atomic E-state index is 12.2. The number of aliphatic hydroxyl groups is 3. The summed E-state index contributed by atoms with van der Waals surface area (Å²) < 4.78 is 5.14. The van der Waals surface area contributed by atoms with E-state index in [0.29, 0.717) is 12.3 Å². The fourth-order valence-electron chi connectivity index (χ4n) is 8.41. The second-order valence-electron chi connectivity index (χ2n) is 10.9. The lowest BCUT2D eigenvalue weighted by Crippen LogP contribution is -2.66. The normalized spacial score (nSPS) is 51.8. The van der Waals surface area contributed by atoms with Gasteiger partial charge in [0.25, 0.3) is 0 Å². The number of fused-ring (bicyclic) bond motifs is 5. The maximum atomic E-state index is 12.2. The fourth-order valence-corrected chi connectivity index (χ4v) is 8.41. The Hall–Kier alpha value is -1.17. The molecule has 0 spiro atoms. The molecule has 4 fully saturated rings. The molecule has 3 N–H and O–H groups in total. The van der Waals surface area contributed by atoms with Crippen LogP contribution < -0.4 is 5.63 Å². The summed E-state index contributed by atoms with van der Waals surface area (Å²) in [7, 11) is 0. The average molecular weight is 403 g/mol. The van der Waals surface area contributed by atoms with E-state index >= 15 is 0 Å². The molecule has 0 aliphatic heterocycles. The Bertz CT molecular complexity index is 829. The molecule has 1 aromatic rings. The lowest BCUT2D eigenvalue weighted by Gasteiger charge is -2.65. The van der Waals surface area contributed by atoms with Crippen LogP contribution in [0.2, 0.25) is 0 Å². The van der Waals surface area contributed by atoms with Crippen molar-refractivity contribution < 1.29 is 19.7 Å². The Balaban J connectivity index is 1.52. The molecule has 160 valence electrons. The van der Waals surface area contributed by atoms with Crippen LogP contribution in [0.3, 0.4) is 0 Å². The first-order valence-corrected chi connectivity index (χ1v) is 11.4. The number of hydrogen-bond acceptors (Lipinski definition) is 5. The molecular weight excluding hydrogens is 368 g/mol. The summed E-state index contributed by atoms with van der Waals surface area (Å²) in [6, 6.07) is 3.28. The van der Waals surface area contributed by atoms with E-state index in [1.807, 2.05) is 6.07 Å². The van der Waals surface area contributed by atoms with Gasteiger partial charge in [0, 0.05) is 11.5 Å². The van der Waals surface area contributed by atoms with E-state index in [1.165, 1.54) is 6.07 Å². The summed E-state index contributed by atoms with van der Waals surface area (Å²) >= 11 is 0. The van der Waals surface area contributed by atoms with Crippen LogP contribution >= 0.6 is 0 Å². The SMILES string of the molecule is C[C@]12CC[C@H](O)C[C@H]1CC[C@@H]1[C@@H]2[C@H](O)C[C@]2(C)[C@@H](c3ccc(=O)oc3)CC[C@]12O. The van der Waals surface area contributed by atoms with Gasteiger partial charge in [-0.3, -0.25) is 0 Å². The van der Waals surface area contributed by atoms with Gasteiger partial charge in [-0.1, -0.05) is 13.8 Å². The highest BCUT2D eigenvalue weighted by molar-refractivity contribution is 5.28. The van der Waals surface area contributed by atoms with Crippen molar-refractivity contribution in [2.45, 2.75) is 88.9 Å². The highest BCUT2D eigenvalue weighted by Gasteiger charge is 2.69. The van der Waals surface area contributed by atoms with E-state index in [9.17, 15) is 20.1 Å². The minimum absolute atomic E-state index is 0.0176. The smallest absolute Gasteiger partial charge is 0.335 e. The molecule has 0 radical (unpaired) electrons. The number of rotatable bonds is 1. The van der Waals surface area contributed by atoms with Crippen LogP contribution in [0, 0.1) is 28.6 Å². The molecule has 4 saturated carbocycles. The van der Waals surface area contributed by atoms with E-state index in [0.717, 1.165) is 50.5 Å². The Morgan fingerprint density at radius 1 is 1.07 bits per heavy atom. The molecule has 29 heavy (non-hydrogen) atoms. The van der Waals surface area contributed by atoms with Gasteiger partial charge >= 0.3 is 5.63 Å². The third kappa shape index (κ3) is 2.60. The van der Waals surface area contributed by atoms with E-state index in [4.69, 9.17) is 4.42 Å². The molecular formula is C24H34O5. The molecule has 0 saturated heterocycles. The molecule has 5 heteroatoms. The minimum atomic E-state index is -0.818. The molecule has 4 aliphatic rings. The van der Waals surface area contributed by atoms with E-state index in [-0.39, 0.29) is 34.9 Å². The van der Waals surface area contributed by atoms with Gasteiger partial charge in [0.05, 0.1) is 24.1 Å². The Kier molecular flexibility index (Phi) is 4.37. The van der Waals surface area contributed by atoms with Gasteiger partial charge in [-0.15, -0.1) is 0 Å². The summed E-state index contributed by atoms with van der Waals surface area (Å²) in [4.78, 5) is 11.4. The lowest BCUT2D eigenvalue weighted by atomic mass is 9.42. The van der Waals surface area contributed by atoms with Gasteiger partial charge in [-0.2, -0.15) is 0 Å². The van der Waals surface area contributed by atoms with Gasteiger partial charge in [0.2, 0.25) is 0 Å². The molecule has 9 atom stereocenters. The number of aliphatic hydroxyl groups excluding tert-OH is 2. The quantitative estimate of drug-likeness (QED) is 0.671. The first kappa shape index (κ1) is 19.8. The first-order chi connectivity index (χ1) is 13.7. The molecule has 1 aromatic heterocycles. The van der Waals surface area contributed by atoms with E-state index in [2.05, 4.69) is 13.8 Å². The van der Waals surface area contributed by atoms with Gasteiger partial charge in [0.15, 0.2) is 0 Å². The molecule has 5 rings (SSSR count). The monoisotopic (exact) mass is 402 g/mol. The standard InChI is InChI=1S/C24H34O5/c1-22-9-7-16(25)11-15(22)4-5-18-21(22)19(26)12-23(2)17(8-10-24(18,23)28)14-3-6-20(27)29-13-14/h3,6,13,15-19,21,25-26,28H,4-5,7-12H2,1-2H3/t15-,16+,17-,18-,19-,21-,22+,23-,24+/m1/s1. The van der Waals surface area contributed by atoms with Crippen LogP contribution in [-0.4, -0.2) is 33.1 Å². The second kappa shape index (κ2) is 6.41. The van der Waals surface area contributed by atoms with Gasteiger partial charge in [-0.05, 0) is 92.1 Å².